The van der Waals surface area contributed by atoms with Gasteiger partial charge in [-0.2, -0.15) is 0 Å². The van der Waals surface area contributed by atoms with Gasteiger partial charge in [0.05, 0.1) is 11.2 Å². The maximum absolute atomic E-state index is 6.51. The fourth-order valence-corrected chi connectivity index (χ4v) is 13.7. The molecular weight excluding hydrogens is 306 g/mol. The van der Waals surface area contributed by atoms with Gasteiger partial charge in [-0.15, -0.1) is 5.10 Å². The van der Waals surface area contributed by atoms with Crippen LogP contribution in [0.1, 0.15) is 0 Å². The number of fused-ring (bicyclic) bond motifs is 2. The monoisotopic (exact) mass is 325 g/mol. The van der Waals surface area contributed by atoms with Crippen LogP contribution in [0.5, 0.6) is 0 Å². The second-order valence-electron chi connectivity index (χ2n) is 6.85. The molecule has 0 aliphatic carbocycles. The fourth-order valence-electron chi connectivity index (χ4n) is 3.47. The Hall–Kier alpha value is -1.77. The maximum atomic E-state index is 6.51. The van der Waals surface area contributed by atoms with Crippen molar-refractivity contribution in [3.05, 3.63) is 42.5 Å². The average molecular weight is 326 g/mol. The number of para-hydroxylation sites is 1. The summed E-state index contributed by atoms with van der Waals surface area (Å²) in [7, 11) is -3.62. The van der Waals surface area contributed by atoms with Crippen LogP contribution in [0.15, 0.2) is 42.5 Å². The zero-order valence-electron chi connectivity index (χ0n) is 13.3. The minimum Gasteiger partial charge on any atom is -0.449 e. The Morgan fingerprint density at radius 3 is 2.23 bits per heavy atom. The SMILES string of the molecule is C[Si]1(C)O[Si](C)(C)c2cc3c(cc21)nnn3-c1ccccc1. The van der Waals surface area contributed by atoms with Crippen LogP contribution in [0.4, 0.5) is 0 Å². The molecule has 6 heteroatoms. The van der Waals surface area contributed by atoms with Crippen LogP contribution < -0.4 is 10.4 Å². The van der Waals surface area contributed by atoms with Crippen LogP contribution in [-0.2, 0) is 4.12 Å². The molecule has 1 aliphatic heterocycles. The normalized spacial score (nSPS) is 18.5. The summed E-state index contributed by atoms with van der Waals surface area (Å²) in [6.45, 7) is 9.13. The summed E-state index contributed by atoms with van der Waals surface area (Å²) in [5.74, 6) is 0. The van der Waals surface area contributed by atoms with E-state index < -0.39 is 16.6 Å². The van der Waals surface area contributed by atoms with Crippen LogP contribution in [0.2, 0.25) is 26.2 Å². The lowest BCUT2D eigenvalue weighted by Crippen LogP contribution is -2.44. The fraction of sp³-hybridized carbons (Fsp3) is 0.250. The molecule has 0 saturated heterocycles. The molecular formula is C16H19N3OSi2. The second kappa shape index (κ2) is 4.37. The highest BCUT2D eigenvalue weighted by molar-refractivity contribution is 7.05. The summed E-state index contributed by atoms with van der Waals surface area (Å²) in [6, 6.07) is 14.6. The third kappa shape index (κ3) is 1.91. The van der Waals surface area contributed by atoms with Gasteiger partial charge in [0.15, 0.2) is 0 Å². The quantitative estimate of drug-likeness (QED) is 0.645. The van der Waals surface area contributed by atoms with E-state index in [4.69, 9.17) is 4.12 Å². The van der Waals surface area contributed by atoms with Crippen molar-refractivity contribution in [2.75, 3.05) is 0 Å². The Morgan fingerprint density at radius 2 is 1.55 bits per heavy atom. The Labute approximate surface area is 132 Å². The molecule has 2 aromatic carbocycles. The lowest BCUT2D eigenvalue weighted by molar-refractivity contribution is 0.583. The molecule has 3 aromatic rings. The van der Waals surface area contributed by atoms with Gasteiger partial charge in [0, 0.05) is 0 Å². The predicted molar refractivity (Wildman–Crippen MR) is 94.2 cm³/mol. The molecule has 0 saturated carbocycles. The summed E-state index contributed by atoms with van der Waals surface area (Å²) < 4.78 is 8.44. The summed E-state index contributed by atoms with van der Waals surface area (Å²) in [4.78, 5) is 0. The first-order valence-electron chi connectivity index (χ1n) is 7.54. The smallest absolute Gasteiger partial charge is 0.206 e. The van der Waals surface area contributed by atoms with Crippen molar-refractivity contribution < 1.29 is 4.12 Å². The first kappa shape index (κ1) is 13.9. The summed E-state index contributed by atoms with van der Waals surface area (Å²) in [6.07, 6.45) is 0. The molecule has 0 fully saturated rings. The highest BCUT2D eigenvalue weighted by Gasteiger charge is 2.46. The van der Waals surface area contributed by atoms with Crippen LogP contribution >= 0.6 is 0 Å². The van der Waals surface area contributed by atoms with Gasteiger partial charge in [-0.1, -0.05) is 23.4 Å². The van der Waals surface area contributed by atoms with Crippen LogP contribution in [0, 0.1) is 0 Å². The molecule has 4 rings (SSSR count). The van der Waals surface area contributed by atoms with E-state index in [-0.39, 0.29) is 0 Å². The van der Waals surface area contributed by atoms with E-state index in [0.29, 0.717) is 0 Å². The van der Waals surface area contributed by atoms with Crippen molar-refractivity contribution in [1.29, 1.82) is 0 Å². The molecule has 0 N–H and O–H groups in total. The Balaban J connectivity index is 2.00. The minimum absolute atomic E-state index is 0.957. The van der Waals surface area contributed by atoms with E-state index >= 15 is 0 Å². The number of nitrogens with zero attached hydrogens (tertiary/aromatic N) is 3. The molecule has 0 bridgehead atoms. The van der Waals surface area contributed by atoms with Gasteiger partial charge in [0.25, 0.3) is 0 Å². The number of aromatic nitrogens is 3. The Bertz CT molecular complexity index is 872. The van der Waals surface area contributed by atoms with Crippen molar-refractivity contribution in [2.45, 2.75) is 26.2 Å². The number of hydrogen-bond acceptors (Lipinski definition) is 3. The Kier molecular flexibility index (Phi) is 2.76. The van der Waals surface area contributed by atoms with Crippen LogP contribution in [0.3, 0.4) is 0 Å². The van der Waals surface area contributed by atoms with E-state index in [2.05, 4.69) is 60.8 Å². The van der Waals surface area contributed by atoms with E-state index in [9.17, 15) is 0 Å². The summed E-state index contributed by atoms with van der Waals surface area (Å²) in [5.41, 5.74) is 3.07. The summed E-state index contributed by atoms with van der Waals surface area (Å²) >= 11 is 0. The van der Waals surface area contributed by atoms with Gasteiger partial charge in [-0.25, -0.2) is 4.68 Å². The van der Waals surface area contributed by atoms with Gasteiger partial charge >= 0.3 is 0 Å². The van der Waals surface area contributed by atoms with Crippen molar-refractivity contribution in [3.63, 3.8) is 0 Å². The molecule has 0 spiro atoms. The van der Waals surface area contributed by atoms with E-state index in [1.165, 1.54) is 10.4 Å². The van der Waals surface area contributed by atoms with Gasteiger partial charge in [0.1, 0.15) is 5.52 Å². The van der Waals surface area contributed by atoms with E-state index in [1.54, 1.807) is 0 Å². The first-order chi connectivity index (χ1) is 10.4. The van der Waals surface area contributed by atoms with Crippen molar-refractivity contribution in [1.82, 2.24) is 15.0 Å². The molecule has 112 valence electrons. The van der Waals surface area contributed by atoms with Crippen molar-refractivity contribution in [2.24, 2.45) is 0 Å². The molecule has 0 atom stereocenters. The lowest BCUT2D eigenvalue weighted by atomic mass is 10.3. The third-order valence-corrected chi connectivity index (χ3v) is 12.1. The van der Waals surface area contributed by atoms with Crippen LogP contribution in [0.25, 0.3) is 16.7 Å². The first-order valence-corrected chi connectivity index (χ1v) is 13.4. The largest absolute Gasteiger partial charge is 0.449 e. The predicted octanol–water partition coefficient (Wildman–Crippen LogP) is 2.27. The van der Waals surface area contributed by atoms with Crippen molar-refractivity contribution in [3.8, 4) is 5.69 Å². The second-order valence-corrected chi connectivity index (χ2v) is 14.8. The highest BCUT2D eigenvalue weighted by Crippen LogP contribution is 2.24. The maximum Gasteiger partial charge on any atom is 0.206 e. The van der Waals surface area contributed by atoms with E-state index in [1.807, 2.05) is 22.9 Å². The summed E-state index contributed by atoms with van der Waals surface area (Å²) in [5, 5.41) is 11.6. The molecule has 4 nitrogen and oxygen atoms in total. The third-order valence-electron chi connectivity index (χ3n) is 4.39. The molecule has 2 heterocycles. The van der Waals surface area contributed by atoms with E-state index in [0.717, 1.165) is 16.7 Å². The molecule has 0 amide bonds. The lowest BCUT2D eigenvalue weighted by Gasteiger charge is -2.22. The zero-order valence-corrected chi connectivity index (χ0v) is 15.3. The Morgan fingerprint density at radius 1 is 0.909 bits per heavy atom. The van der Waals surface area contributed by atoms with Crippen molar-refractivity contribution >= 4 is 38.0 Å². The number of rotatable bonds is 1. The van der Waals surface area contributed by atoms with Crippen LogP contribution in [-0.4, -0.2) is 31.6 Å². The van der Waals surface area contributed by atoms with Gasteiger partial charge in [-0.05, 0) is 60.8 Å². The standard InChI is InChI=1S/C16H19N3OSi2/c1-21(2)15-10-13-14(11-16(15)22(3,4)20-21)19(18-17-13)12-8-6-5-7-9-12/h5-11H,1-4H3. The highest BCUT2D eigenvalue weighted by atomic mass is 28.4. The molecule has 0 unspecified atom stereocenters. The topological polar surface area (TPSA) is 39.9 Å². The molecule has 22 heavy (non-hydrogen) atoms. The molecule has 1 aromatic heterocycles. The number of benzene rings is 2. The van der Waals surface area contributed by atoms with Gasteiger partial charge in [0.2, 0.25) is 16.6 Å². The molecule has 0 radical (unpaired) electrons. The van der Waals surface area contributed by atoms with Gasteiger partial charge < -0.3 is 4.12 Å². The average Bonchev–Trinajstić information content (AvgIpc) is 2.95. The zero-order chi connectivity index (χ0) is 15.5. The minimum atomic E-state index is -1.82. The number of hydrogen-bond donors (Lipinski definition) is 0. The van der Waals surface area contributed by atoms with Gasteiger partial charge in [-0.3, -0.25) is 0 Å². The molecule has 1 aliphatic rings.